The standard InChI is InChI=1S/C22H24FN5O/c1-27-14-18(13-25-27)15-2-3-16-12-24-20(11-17(16)10-15)26-21(29)22(23)6-8-28(9-7-22)19-4-5-19/h2-3,10-14,19H,4-9H2,1H3,(H,24,26,29). The van der Waals surface area contributed by atoms with E-state index in [2.05, 4.69) is 20.3 Å². The summed E-state index contributed by atoms with van der Waals surface area (Å²) in [6, 6.07) is 8.45. The number of nitrogens with zero attached hydrogens (tertiary/aromatic N) is 4. The number of alkyl halides is 1. The van der Waals surface area contributed by atoms with E-state index in [9.17, 15) is 4.79 Å². The van der Waals surface area contributed by atoms with Crippen LogP contribution in [-0.4, -0.2) is 50.4 Å². The molecule has 29 heavy (non-hydrogen) atoms. The molecule has 0 bridgehead atoms. The molecule has 0 unspecified atom stereocenters. The molecule has 0 spiro atoms. The van der Waals surface area contributed by atoms with Gasteiger partial charge in [-0.2, -0.15) is 5.10 Å². The maximum atomic E-state index is 15.2. The number of halogens is 1. The molecule has 1 amide bonds. The predicted molar refractivity (Wildman–Crippen MR) is 110 cm³/mol. The zero-order valence-corrected chi connectivity index (χ0v) is 16.4. The highest BCUT2D eigenvalue weighted by Gasteiger charge is 2.44. The summed E-state index contributed by atoms with van der Waals surface area (Å²) in [6.45, 7) is 1.29. The summed E-state index contributed by atoms with van der Waals surface area (Å²) in [5.41, 5.74) is 0.227. The van der Waals surface area contributed by atoms with Crippen LogP contribution in [0.5, 0.6) is 0 Å². The Morgan fingerprint density at radius 1 is 1.14 bits per heavy atom. The van der Waals surface area contributed by atoms with Gasteiger partial charge < -0.3 is 10.2 Å². The molecule has 3 heterocycles. The van der Waals surface area contributed by atoms with E-state index >= 15 is 4.39 Å². The Morgan fingerprint density at radius 2 is 1.93 bits per heavy atom. The minimum atomic E-state index is -1.82. The van der Waals surface area contributed by atoms with Crippen LogP contribution in [0, 0.1) is 0 Å². The average Bonchev–Trinajstić information content (AvgIpc) is 3.48. The Morgan fingerprint density at radius 3 is 2.62 bits per heavy atom. The monoisotopic (exact) mass is 393 g/mol. The molecule has 1 aliphatic carbocycles. The number of aromatic nitrogens is 3. The minimum absolute atomic E-state index is 0.244. The van der Waals surface area contributed by atoms with Gasteiger partial charge in [-0.15, -0.1) is 0 Å². The van der Waals surface area contributed by atoms with Gasteiger partial charge in [-0.25, -0.2) is 9.37 Å². The second-order valence-corrected chi connectivity index (χ2v) is 8.22. The van der Waals surface area contributed by atoms with Crippen molar-refractivity contribution in [3.05, 3.63) is 42.9 Å². The first-order chi connectivity index (χ1) is 14.0. The highest BCUT2D eigenvalue weighted by atomic mass is 19.1. The summed E-state index contributed by atoms with van der Waals surface area (Å²) in [4.78, 5) is 19.3. The number of hydrogen-bond donors (Lipinski definition) is 1. The Hall–Kier alpha value is -2.80. The van der Waals surface area contributed by atoms with Gasteiger partial charge in [0.1, 0.15) is 5.82 Å². The lowest BCUT2D eigenvalue weighted by Crippen LogP contribution is -2.49. The maximum absolute atomic E-state index is 15.2. The quantitative estimate of drug-likeness (QED) is 0.736. The molecule has 5 rings (SSSR count). The first-order valence-electron chi connectivity index (χ1n) is 10.1. The molecule has 2 aliphatic rings. The second kappa shape index (κ2) is 6.91. The highest BCUT2D eigenvalue weighted by Crippen LogP contribution is 2.35. The van der Waals surface area contributed by atoms with E-state index < -0.39 is 11.6 Å². The van der Waals surface area contributed by atoms with Gasteiger partial charge >= 0.3 is 0 Å². The fraction of sp³-hybridized carbons (Fsp3) is 0.409. The molecule has 7 heteroatoms. The molecule has 2 fully saturated rings. The Balaban J connectivity index is 1.33. The topological polar surface area (TPSA) is 63.1 Å². The fourth-order valence-corrected chi connectivity index (χ4v) is 4.10. The summed E-state index contributed by atoms with van der Waals surface area (Å²) in [6.07, 6.45) is 8.36. The number of pyridine rings is 1. The molecule has 3 aromatic rings. The number of piperidine rings is 1. The van der Waals surface area contributed by atoms with Crippen LogP contribution < -0.4 is 5.32 Å². The van der Waals surface area contributed by atoms with Crippen LogP contribution in [0.4, 0.5) is 10.2 Å². The van der Waals surface area contributed by atoms with Crippen molar-refractivity contribution >= 4 is 22.5 Å². The van der Waals surface area contributed by atoms with Gasteiger partial charge in [0.05, 0.1) is 6.20 Å². The first-order valence-corrected chi connectivity index (χ1v) is 10.1. The summed E-state index contributed by atoms with van der Waals surface area (Å²) < 4.78 is 17.0. The van der Waals surface area contributed by atoms with Crippen LogP contribution in [0.25, 0.3) is 21.9 Å². The summed E-state index contributed by atoms with van der Waals surface area (Å²) in [7, 11) is 1.88. The van der Waals surface area contributed by atoms with E-state index in [1.54, 1.807) is 16.9 Å². The van der Waals surface area contributed by atoms with Crippen LogP contribution in [0.3, 0.4) is 0 Å². The molecule has 1 saturated heterocycles. The van der Waals surface area contributed by atoms with Gasteiger partial charge in [-0.1, -0.05) is 12.1 Å². The molecule has 1 saturated carbocycles. The molecule has 1 N–H and O–H groups in total. The smallest absolute Gasteiger partial charge is 0.263 e. The van der Waals surface area contributed by atoms with Crippen molar-refractivity contribution in [1.82, 2.24) is 19.7 Å². The molecule has 150 valence electrons. The van der Waals surface area contributed by atoms with Crippen molar-refractivity contribution in [2.45, 2.75) is 37.4 Å². The lowest BCUT2D eigenvalue weighted by molar-refractivity contribution is -0.130. The predicted octanol–water partition coefficient (Wildman–Crippen LogP) is 3.54. The number of hydrogen-bond acceptors (Lipinski definition) is 4. The second-order valence-electron chi connectivity index (χ2n) is 8.22. The van der Waals surface area contributed by atoms with Crippen LogP contribution in [-0.2, 0) is 11.8 Å². The molecule has 0 atom stereocenters. The van der Waals surface area contributed by atoms with Crippen molar-refractivity contribution in [2.75, 3.05) is 18.4 Å². The number of likely N-dealkylation sites (tertiary alicyclic amines) is 1. The third-order valence-corrected chi connectivity index (χ3v) is 6.06. The van der Waals surface area contributed by atoms with E-state index in [-0.39, 0.29) is 12.8 Å². The van der Waals surface area contributed by atoms with Gasteiger partial charge in [0.25, 0.3) is 5.91 Å². The van der Waals surface area contributed by atoms with E-state index in [4.69, 9.17) is 0 Å². The van der Waals surface area contributed by atoms with Crippen molar-refractivity contribution in [3.63, 3.8) is 0 Å². The Kier molecular flexibility index (Phi) is 4.35. The maximum Gasteiger partial charge on any atom is 0.263 e. The molecule has 2 aromatic heterocycles. The SMILES string of the molecule is Cn1cc(-c2ccc3cnc(NC(=O)C4(F)CCN(C5CC5)CC4)cc3c2)cn1. The number of benzene rings is 1. The molecule has 0 radical (unpaired) electrons. The van der Waals surface area contributed by atoms with E-state index in [1.807, 2.05) is 37.6 Å². The van der Waals surface area contributed by atoms with Gasteiger partial charge in [0.15, 0.2) is 5.67 Å². The van der Waals surface area contributed by atoms with E-state index in [0.29, 0.717) is 24.9 Å². The minimum Gasteiger partial charge on any atom is -0.308 e. The van der Waals surface area contributed by atoms with Crippen molar-refractivity contribution in [3.8, 4) is 11.1 Å². The molecule has 6 nitrogen and oxygen atoms in total. The first kappa shape index (κ1) is 18.2. The van der Waals surface area contributed by atoms with E-state index in [0.717, 1.165) is 21.9 Å². The normalized spacial score (nSPS) is 19.4. The van der Waals surface area contributed by atoms with Crippen LogP contribution in [0.1, 0.15) is 25.7 Å². The number of anilines is 1. The van der Waals surface area contributed by atoms with Crippen molar-refractivity contribution < 1.29 is 9.18 Å². The number of fused-ring (bicyclic) bond motifs is 1. The number of aryl methyl sites for hydroxylation is 1. The molecule has 1 aliphatic heterocycles. The highest BCUT2D eigenvalue weighted by molar-refractivity contribution is 5.98. The lowest BCUT2D eigenvalue weighted by Gasteiger charge is -2.35. The number of amides is 1. The lowest BCUT2D eigenvalue weighted by atomic mass is 9.92. The summed E-state index contributed by atoms with van der Waals surface area (Å²) >= 11 is 0. The Bertz CT molecular complexity index is 1070. The third kappa shape index (κ3) is 3.62. The fourth-order valence-electron chi connectivity index (χ4n) is 4.10. The van der Waals surface area contributed by atoms with Gasteiger partial charge in [0, 0.05) is 62.4 Å². The van der Waals surface area contributed by atoms with Crippen LogP contribution in [0.15, 0.2) is 42.9 Å². The number of rotatable bonds is 4. The van der Waals surface area contributed by atoms with Crippen molar-refractivity contribution in [2.24, 2.45) is 7.05 Å². The number of carbonyl (C=O) groups excluding carboxylic acids is 1. The summed E-state index contributed by atoms with van der Waals surface area (Å²) in [5.74, 6) is -0.198. The number of carbonyl (C=O) groups is 1. The van der Waals surface area contributed by atoms with E-state index in [1.165, 1.54) is 12.8 Å². The van der Waals surface area contributed by atoms with Crippen LogP contribution >= 0.6 is 0 Å². The number of nitrogens with one attached hydrogen (secondary N) is 1. The molecule has 1 aromatic carbocycles. The van der Waals surface area contributed by atoms with Crippen molar-refractivity contribution in [1.29, 1.82) is 0 Å². The van der Waals surface area contributed by atoms with Crippen LogP contribution in [0.2, 0.25) is 0 Å². The van der Waals surface area contributed by atoms with Gasteiger partial charge in [-0.3, -0.25) is 9.48 Å². The largest absolute Gasteiger partial charge is 0.308 e. The zero-order valence-electron chi connectivity index (χ0n) is 16.4. The van der Waals surface area contributed by atoms with Gasteiger partial charge in [-0.05, 0) is 35.9 Å². The third-order valence-electron chi connectivity index (χ3n) is 6.06. The summed E-state index contributed by atoms with van der Waals surface area (Å²) in [5, 5.41) is 8.82. The Labute approximate surface area is 168 Å². The molecular formula is C22H24FN5O. The van der Waals surface area contributed by atoms with Gasteiger partial charge in [0.2, 0.25) is 0 Å². The average molecular weight is 393 g/mol. The zero-order chi connectivity index (χ0) is 20.0. The molecular weight excluding hydrogens is 369 g/mol.